The van der Waals surface area contributed by atoms with Crippen LogP contribution in [0.1, 0.15) is 11.6 Å². The molecule has 0 aromatic heterocycles. The molecule has 0 bridgehead atoms. The Morgan fingerprint density at radius 2 is 1.95 bits per heavy atom. The Morgan fingerprint density at radius 1 is 1.30 bits per heavy atom. The monoisotopic (exact) mass is 297 g/mol. The van der Waals surface area contributed by atoms with Gasteiger partial charge in [0, 0.05) is 38.3 Å². The molecule has 1 unspecified atom stereocenters. The molecule has 1 atom stereocenters. The van der Waals surface area contributed by atoms with Gasteiger partial charge in [-0.15, -0.1) is 0 Å². The van der Waals surface area contributed by atoms with Crippen molar-refractivity contribution in [2.45, 2.75) is 6.04 Å². The van der Waals surface area contributed by atoms with Crippen molar-refractivity contribution in [3.8, 4) is 0 Å². The molecule has 20 heavy (non-hydrogen) atoms. The molecule has 4 nitrogen and oxygen atoms in total. The second kappa shape index (κ2) is 7.08. The number of nitrogens with zero attached hydrogens (tertiary/aromatic N) is 2. The number of hydrogen-bond acceptors (Lipinski definition) is 4. The molecular formula is C14H20FN3OS. The predicted octanol–water partition coefficient (Wildman–Crippen LogP) is 0.763. The third-order valence-electron chi connectivity index (χ3n) is 3.66. The minimum absolute atomic E-state index is 0.159. The van der Waals surface area contributed by atoms with Crippen molar-refractivity contribution in [3.63, 3.8) is 0 Å². The van der Waals surface area contributed by atoms with Crippen LogP contribution in [-0.2, 0) is 0 Å². The van der Waals surface area contributed by atoms with E-state index in [-0.39, 0.29) is 18.5 Å². The van der Waals surface area contributed by atoms with Gasteiger partial charge >= 0.3 is 0 Å². The number of halogens is 1. The summed E-state index contributed by atoms with van der Waals surface area (Å²) in [7, 11) is 0. The molecule has 1 aliphatic heterocycles. The fourth-order valence-electron chi connectivity index (χ4n) is 2.61. The standard InChI is InChI=1S/C14H20FN3OS/c15-12-4-2-1-3-11(12)13(14(16)20)18-7-5-17(6-8-18)9-10-19/h1-4,13,19H,5-10H2,(H2,16,20). The summed E-state index contributed by atoms with van der Waals surface area (Å²) < 4.78 is 14.0. The van der Waals surface area contributed by atoms with Gasteiger partial charge in [0.2, 0.25) is 0 Å². The minimum Gasteiger partial charge on any atom is -0.395 e. The van der Waals surface area contributed by atoms with Gasteiger partial charge in [-0.3, -0.25) is 9.80 Å². The Bertz CT molecular complexity index is 463. The zero-order valence-corrected chi connectivity index (χ0v) is 12.2. The zero-order chi connectivity index (χ0) is 14.5. The highest BCUT2D eigenvalue weighted by Crippen LogP contribution is 2.25. The number of aliphatic hydroxyl groups is 1. The average molecular weight is 297 g/mol. The highest BCUT2D eigenvalue weighted by Gasteiger charge is 2.28. The number of thiocarbonyl (C=S) groups is 1. The molecule has 1 saturated heterocycles. The van der Waals surface area contributed by atoms with E-state index < -0.39 is 0 Å². The molecule has 2 rings (SSSR count). The van der Waals surface area contributed by atoms with Crippen molar-refractivity contribution >= 4 is 17.2 Å². The van der Waals surface area contributed by atoms with E-state index in [1.807, 2.05) is 0 Å². The molecule has 0 radical (unpaired) electrons. The molecule has 0 amide bonds. The van der Waals surface area contributed by atoms with Gasteiger partial charge in [-0.2, -0.15) is 0 Å². The quantitative estimate of drug-likeness (QED) is 0.786. The van der Waals surface area contributed by atoms with Crippen LogP contribution in [0.2, 0.25) is 0 Å². The summed E-state index contributed by atoms with van der Waals surface area (Å²) >= 11 is 5.14. The lowest BCUT2D eigenvalue weighted by atomic mass is 10.0. The van der Waals surface area contributed by atoms with Crippen LogP contribution in [0.25, 0.3) is 0 Å². The maximum Gasteiger partial charge on any atom is 0.128 e. The van der Waals surface area contributed by atoms with Crippen molar-refractivity contribution in [2.24, 2.45) is 5.73 Å². The molecule has 1 aromatic carbocycles. The summed E-state index contributed by atoms with van der Waals surface area (Å²) in [5.41, 5.74) is 6.37. The second-order valence-corrected chi connectivity index (χ2v) is 5.40. The van der Waals surface area contributed by atoms with E-state index in [0.717, 1.165) is 26.2 Å². The Kier molecular flexibility index (Phi) is 5.42. The van der Waals surface area contributed by atoms with E-state index in [9.17, 15) is 4.39 Å². The van der Waals surface area contributed by atoms with Crippen molar-refractivity contribution in [1.29, 1.82) is 0 Å². The summed E-state index contributed by atoms with van der Waals surface area (Å²) in [6.45, 7) is 4.01. The lowest BCUT2D eigenvalue weighted by molar-refractivity contribution is 0.100. The van der Waals surface area contributed by atoms with Gasteiger partial charge in [-0.25, -0.2) is 4.39 Å². The fraction of sp³-hybridized carbons (Fsp3) is 0.500. The van der Waals surface area contributed by atoms with Gasteiger partial charge in [0.15, 0.2) is 0 Å². The zero-order valence-electron chi connectivity index (χ0n) is 11.3. The first-order valence-electron chi connectivity index (χ1n) is 6.74. The van der Waals surface area contributed by atoms with Gasteiger partial charge in [-0.1, -0.05) is 30.4 Å². The smallest absolute Gasteiger partial charge is 0.128 e. The summed E-state index contributed by atoms with van der Waals surface area (Å²) in [6.07, 6.45) is 0. The van der Waals surface area contributed by atoms with Crippen molar-refractivity contribution in [2.75, 3.05) is 39.3 Å². The van der Waals surface area contributed by atoms with Gasteiger partial charge < -0.3 is 10.8 Å². The lowest BCUT2D eigenvalue weighted by Gasteiger charge is -2.38. The van der Waals surface area contributed by atoms with Gasteiger partial charge in [-0.05, 0) is 6.07 Å². The Morgan fingerprint density at radius 3 is 2.50 bits per heavy atom. The van der Waals surface area contributed by atoms with E-state index in [1.54, 1.807) is 18.2 Å². The highest BCUT2D eigenvalue weighted by molar-refractivity contribution is 7.80. The Labute approximate surface area is 124 Å². The third-order valence-corrected chi connectivity index (χ3v) is 3.88. The molecule has 1 heterocycles. The SMILES string of the molecule is NC(=S)C(c1ccccc1F)N1CCN(CCO)CC1. The topological polar surface area (TPSA) is 52.7 Å². The molecular weight excluding hydrogens is 277 g/mol. The number of benzene rings is 1. The number of hydrogen-bond donors (Lipinski definition) is 2. The average Bonchev–Trinajstić information content (AvgIpc) is 2.43. The van der Waals surface area contributed by atoms with Crippen molar-refractivity contribution in [1.82, 2.24) is 9.80 Å². The van der Waals surface area contributed by atoms with E-state index in [0.29, 0.717) is 17.1 Å². The fourth-order valence-corrected chi connectivity index (χ4v) is 2.89. The first-order valence-corrected chi connectivity index (χ1v) is 7.15. The van der Waals surface area contributed by atoms with E-state index in [2.05, 4.69) is 9.80 Å². The summed E-state index contributed by atoms with van der Waals surface area (Å²) in [5, 5.41) is 8.95. The number of piperazine rings is 1. The number of rotatable bonds is 5. The summed E-state index contributed by atoms with van der Waals surface area (Å²) in [4.78, 5) is 4.58. The highest BCUT2D eigenvalue weighted by atomic mass is 32.1. The van der Waals surface area contributed by atoms with E-state index in [4.69, 9.17) is 23.1 Å². The predicted molar refractivity (Wildman–Crippen MR) is 81.0 cm³/mol. The van der Waals surface area contributed by atoms with Crippen LogP contribution >= 0.6 is 12.2 Å². The van der Waals surface area contributed by atoms with Crippen LogP contribution in [0.5, 0.6) is 0 Å². The third kappa shape index (κ3) is 3.52. The number of β-amino-alcohol motifs (C(OH)–C–C–N with tert-alkyl or cyclic N) is 1. The van der Waals surface area contributed by atoms with Crippen LogP contribution in [0, 0.1) is 5.82 Å². The summed E-state index contributed by atoms with van der Waals surface area (Å²) in [5.74, 6) is -0.275. The maximum atomic E-state index is 14.0. The van der Waals surface area contributed by atoms with Crippen LogP contribution < -0.4 is 5.73 Å². The van der Waals surface area contributed by atoms with Crippen LogP contribution in [-0.4, -0.2) is 59.2 Å². The van der Waals surface area contributed by atoms with Crippen LogP contribution in [0.4, 0.5) is 4.39 Å². The Hall–Kier alpha value is -1.08. The van der Waals surface area contributed by atoms with Gasteiger partial charge in [0.1, 0.15) is 5.82 Å². The van der Waals surface area contributed by atoms with Crippen LogP contribution in [0.15, 0.2) is 24.3 Å². The molecule has 6 heteroatoms. The molecule has 110 valence electrons. The maximum absolute atomic E-state index is 14.0. The number of aliphatic hydroxyl groups excluding tert-OH is 1. The largest absolute Gasteiger partial charge is 0.395 e. The summed E-state index contributed by atoms with van der Waals surface area (Å²) in [6, 6.07) is 6.27. The first-order chi connectivity index (χ1) is 9.63. The molecule has 0 aliphatic carbocycles. The van der Waals surface area contributed by atoms with Gasteiger partial charge in [0.05, 0.1) is 17.6 Å². The Balaban J connectivity index is 2.11. The number of nitrogens with two attached hydrogens (primary N) is 1. The minimum atomic E-state index is -0.359. The second-order valence-electron chi connectivity index (χ2n) is 4.93. The molecule has 1 aromatic rings. The molecule has 0 saturated carbocycles. The molecule has 1 aliphatic rings. The molecule has 0 spiro atoms. The molecule has 3 N–H and O–H groups in total. The lowest BCUT2D eigenvalue weighted by Crippen LogP contribution is -2.50. The van der Waals surface area contributed by atoms with Crippen LogP contribution in [0.3, 0.4) is 0 Å². The van der Waals surface area contributed by atoms with Crippen molar-refractivity contribution in [3.05, 3.63) is 35.6 Å². The normalized spacial score (nSPS) is 18.9. The van der Waals surface area contributed by atoms with Gasteiger partial charge in [0.25, 0.3) is 0 Å². The molecule has 1 fully saturated rings. The van der Waals surface area contributed by atoms with E-state index >= 15 is 0 Å². The first kappa shape index (κ1) is 15.3. The van der Waals surface area contributed by atoms with E-state index in [1.165, 1.54) is 6.07 Å². The van der Waals surface area contributed by atoms with Crippen molar-refractivity contribution < 1.29 is 9.50 Å².